The van der Waals surface area contributed by atoms with Gasteiger partial charge in [-0.15, -0.1) is 0 Å². The lowest BCUT2D eigenvalue weighted by Gasteiger charge is -2.05. The van der Waals surface area contributed by atoms with Crippen LogP contribution < -0.4 is 5.32 Å². The van der Waals surface area contributed by atoms with Gasteiger partial charge in [0.05, 0.1) is 0 Å². The van der Waals surface area contributed by atoms with Crippen LogP contribution in [0, 0.1) is 0 Å². The molecule has 0 aliphatic heterocycles. The van der Waals surface area contributed by atoms with Gasteiger partial charge in [-0.2, -0.15) is 0 Å². The maximum Gasteiger partial charge on any atom is 0.407 e. The molecule has 0 atom stereocenters. The van der Waals surface area contributed by atoms with Gasteiger partial charge in [-0.05, 0) is 40.1 Å². The summed E-state index contributed by atoms with van der Waals surface area (Å²) in [5.74, 6) is 0.247. The molecule has 0 aromatic heterocycles. The van der Waals surface area contributed by atoms with Gasteiger partial charge in [0.2, 0.25) is 0 Å². The van der Waals surface area contributed by atoms with E-state index < -0.39 is 6.09 Å². The van der Waals surface area contributed by atoms with E-state index in [1.165, 1.54) is 0 Å². The van der Waals surface area contributed by atoms with Crippen molar-refractivity contribution in [3.05, 3.63) is 83.9 Å². The lowest BCUT2D eigenvalue weighted by molar-refractivity contribution is 0.141. The number of hydrogen-bond acceptors (Lipinski definition) is 3. The Morgan fingerprint density at radius 2 is 1.80 bits per heavy atom. The number of nitrogens with one attached hydrogen (secondary N) is 1. The molecule has 4 heteroatoms. The summed E-state index contributed by atoms with van der Waals surface area (Å²) in [5.41, 5.74) is 1.95. The summed E-state index contributed by atoms with van der Waals surface area (Å²) in [4.78, 5) is 11.6. The fourth-order valence-electron chi connectivity index (χ4n) is 2.47. The van der Waals surface area contributed by atoms with Crippen LogP contribution in [0.5, 0.6) is 5.75 Å². The van der Waals surface area contributed by atoms with E-state index in [1.807, 2.05) is 66.7 Å². The van der Waals surface area contributed by atoms with E-state index >= 15 is 0 Å². The Bertz CT molecular complexity index is 888. The van der Waals surface area contributed by atoms with Gasteiger partial charge < -0.3 is 15.2 Å². The van der Waals surface area contributed by atoms with Gasteiger partial charge in [0.1, 0.15) is 12.4 Å². The highest BCUT2D eigenvalue weighted by Gasteiger charge is 2.00. The molecule has 0 aliphatic carbocycles. The predicted octanol–water partition coefficient (Wildman–Crippen LogP) is 4.49. The van der Waals surface area contributed by atoms with E-state index in [2.05, 4.69) is 5.32 Å². The average Bonchev–Trinajstić information content (AvgIpc) is 2.64. The number of carbonyl (C=O) groups is 1. The van der Waals surface area contributed by atoms with Crippen LogP contribution in [0.4, 0.5) is 4.79 Å². The number of benzene rings is 3. The van der Waals surface area contributed by atoms with Crippen LogP contribution in [0.3, 0.4) is 0 Å². The van der Waals surface area contributed by atoms with E-state index in [4.69, 9.17) is 4.74 Å². The van der Waals surface area contributed by atoms with Crippen molar-refractivity contribution in [2.45, 2.75) is 6.61 Å². The highest BCUT2D eigenvalue weighted by atomic mass is 16.5. The largest absolute Gasteiger partial charge is 0.508 e. The van der Waals surface area contributed by atoms with Crippen LogP contribution in [0.2, 0.25) is 0 Å². The van der Waals surface area contributed by atoms with Gasteiger partial charge in [-0.25, -0.2) is 4.79 Å². The molecule has 3 aromatic carbocycles. The van der Waals surface area contributed by atoms with Crippen molar-refractivity contribution >= 4 is 22.9 Å². The fourth-order valence-corrected chi connectivity index (χ4v) is 2.47. The summed E-state index contributed by atoms with van der Waals surface area (Å²) in [6.45, 7) is 0.635. The molecule has 0 saturated heterocycles. The monoisotopic (exact) mass is 333 g/mol. The third-order valence-electron chi connectivity index (χ3n) is 3.74. The second kappa shape index (κ2) is 8.02. The first-order valence-electron chi connectivity index (χ1n) is 8.04. The topological polar surface area (TPSA) is 58.6 Å². The summed E-state index contributed by atoms with van der Waals surface area (Å²) in [6, 6.07) is 20.8. The molecular weight excluding hydrogens is 314 g/mol. The number of alkyl carbamates (subject to hydrolysis) is 1. The van der Waals surface area contributed by atoms with Crippen LogP contribution in [-0.2, 0) is 11.3 Å². The maximum atomic E-state index is 11.6. The molecule has 0 radical (unpaired) electrons. The number of aromatic hydroxyl groups is 1. The maximum absolute atomic E-state index is 11.6. The number of phenols is 1. The zero-order valence-corrected chi connectivity index (χ0v) is 13.7. The lowest BCUT2D eigenvalue weighted by atomic mass is 10.1. The number of ether oxygens (including phenoxy) is 1. The standard InChI is InChI=1S/C21H19NO3/c23-20-11-10-18-9-8-16(13-19(18)14-20)7-4-12-22-21(24)25-15-17-5-2-1-3-6-17/h1-11,13-14,23H,12,15H2,(H,22,24). The SMILES string of the molecule is O=C(NCC=Cc1ccc2ccc(O)cc2c1)OCc1ccccc1. The number of amides is 1. The summed E-state index contributed by atoms with van der Waals surface area (Å²) >= 11 is 0. The van der Waals surface area contributed by atoms with Crippen molar-refractivity contribution < 1.29 is 14.6 Å². The minimum atomic E-state index is -0.447. The van der Waals surface area contributed by atoms with Gasteiger partial charge in [-0.1, -0.05) is 60.7 Å². The van der Waals surface area contributed by atoms with Gasteiger partial charge in [-0.3, -0.25) is 0 Å². The molecule has 4 nitrogen and oxygen atoms in total. The zero-order valence-electron chi connectivity index (χ0n) is 13.7. The lowest BCUT2D eigenvalue weighted by Crippen LogP contribution is -2.24. The van der Waals surface area contributed by atoms with E-state index in [-0.39, 0.29) is 12.4 Å². The Labute approximate surface area is 146 Å². The molecule has 0 unspecified atom stereocenters. The highest BCUT2D eigenvalue weighted by Crippen LogP contribution is 2.21. The quantitative estimate of drug-likeness (QED) is 0.723. The van der Waals surface area contributed by atoms with E-state index in [9.17, 15) is 9.90 Å². The third kappa shape index (κ3) is 4.85. The van der Waals surface area contributed by atoms with Crippen LogP contribution >= 0.6 is 0 Å². The second-order valence-corrected chi connectivity index (χ2v) is 5.64. The Kier molecular flexibility index (Phi) is 5.32. The molecule has 126 valence electrons. The zero-order chi connectivity index (χ0) is 17.5. The summed E-state index contributed by atoms with van der Waals surface area (Å²) in [7, 11) is 0. The number of rotatable bonds is 5. The smallest absolute Gasteiger partial charge is 0.407 e. The van der Waals surface area contributed by atoms with Crippen molar-refractivity contribution in [2.24, 2.45) is 0 Å². The van der Waals surface area contributed by atoms with Gasteiger partial charge in [0, 0.05) is 6.54 Å². The molecule has 0 heterocycles. The van der Waals surface area contributed by atoms with E-state index in [0.29, 0.717) is 6.54 Å². The van der Waals surface area contributed by atoms with Crippen LogP contribution in [-0.4, -0.2) is 17.7 Å². The Hall–Kier alpha value is -3.27. The minimum Gasteiger partial charge on any atom is -0.508 e. The molecule has 0 saturated carbocycles. The molecule has 2 N–H and O–H groups in total. The van der Waals surface area contributed by atoms with Gasteiger partial charge in [0.15, 0.2) is 0 Å². The van der Waals surface area contributed by atoms with Crippen molar-refractivity contribution in [1.29, 1.82) is 0 Å². The molecule has 3 rings (SSSR count). The normalized spacial score (nSPS) is 10.9. The molecule has 0 aliphatic rings. The Balaban J connectivity index is 1.49. The first-order valence-corrected chi connectivity index (χ1v) is 8.04. The van der Waals surface area contributed by atoms with Crippen molar-refractivity contribution in [3.63, 3.8) is 0 Å². The second-order valence-electron chi connectivity index (χ2n) is 5.64. The summed E-state index contributed by atoms with van der Waals surface area (Å²) in [6.07, 6.45) is 3.33. The van der Waals surface area contributed by atoms with Gasteiger partial charge >= 0.3 is 6.09 Å². The number of fused-ring (bicyclic) bond motifs is 1. The van der Waals surface area contributed by atoms with E-state index in [0.717, 1.165) is 21.9 Å². The van der Waals surface area contributed by atoms with Crippen LogP contribution in [0.15, 0.2) is 72.8 Å². The molecule has 25 heavy (non-hydrogen) atoms. The number of carbonyl (C=O) groups excluding carboxylic acids is 1. The van der Waals surface area contributed by atoms with E-state index in [1.54, 1.807) is 12.1 Å². The fraction of sp³-hybridized carbons (Fsp3) is 0.0952. The molecule has 1 amide bonds. The summed E-state index contributed by atoms with van der Waals surface area (Å²) in [5, 5.41) is 14.3. The van der Waals surface area contributed by atoms with Crippen molar-refractivity contribution in [3.8, 4) is 5.75 Å². The first-order chi connectivity index (χ1) is 12.2. The van der Waals surface area contributed by atoms with Crippen LogP contribution in [0.1, 0.15) is 11.1 Å². The third-order valence-corrected chi connectivity index (χ3v) is 3.74. The van der Waals surface area contributed by atoms with Crippen molar-refractivity contribution in [1.82, 2.24) is 5.32 Å². The molecule has 3 aromatic rings. The predicted molar refractivity (Wildman–Crippen MR) is 99.3 cm³/mol. The number of phenolic OH excluding ortho intramolecular Hbond substituents is 1. The molecule has 0 fully saturated rings. The van der Waals surface area contributed by atoms with Crippen LogP contribution in [0.25, 0.3) is 16.8 Å². The average molecular weight is 333 g/mol. The molecule has 0 bridgehead atoms. The van der Waals surface area contributed by atoms with Crippen molar-refractivity contribution in [2.75, 3.05) is 6.54 Å². The molecule has 0 spiro atoms. The minimum absolute atomic E-state index is 0.247. The Morgan fingerprint density at radius 3 is 2.64 bits per heavy atom. The van der Waals surface area contributed by atoms with Gasteiger partial charge in [0.25, 0.3) is 0 Å². The first kappa shape index (κ1) is 16.6. The summed E-state index contributed by atoms with van der Waals surface area (Å²) < 4.78 is 5.14. The highest BCUT2D eigenvalue weighted by molar-refractivity contribution is 5.86. The Morgan fingerprint density at radius 1 is 1.00 bits per heavy atom. The molecular formula is C21H19NO3. The number of hydrogen-bond donors (Lipinski definition) is 2.